The molecule has 0 radical (unpaired) electrons. The molecule has 9 rings (SSSR count). The second-order valence-electron chi connectivity index (χ2n) is 12.6. The fourth-order valence-corrected chi connectivity index (χ4v) is 7.68. The van der Waals surface area contributed by atoms with Gasteiger partial charge >= 0.3 is 0 Å². The molecular weight excluding hydrogens is 621 g/mol. The van der Waals surface area contributed by atoms with Crippen LogP contribution in [0.1, 0.15) is 11.1 Å². The standard InChI is InChI=1S/C47H26N4/c1-50-43-27-34(51-44-18-10-9-13-36(44)42-25-30(28-48)19-24-45(42)51)22-23-35(43)41-26-32(20-21-33(41)29-49)47-39-16-7-5-14-37(39)46(31-11-3-2-4-12-31)38-15-6-8-17-40(38)47/h2-27H. The van der Waals surface area contributed by atoms with Crippen molar-refractivity contribution in [3.05, 3.63) is 180 Å². The van der Waals surface area contributed by atoms with Gasteiger partial charge in [0.15, 0.2) is 5.69 Å². The van der Waals surface area contributed by atoms with Gasteiger partial charge < -0.3 is 4.57 Å². The molecule has 0 bridgehead atoms. The number of aromatic nitrogens is 1. The van der Waals surface area contributed by atoms with Crippen LogP contribution < -0.4 is 0 Å². The molecule has 0 atom stereocenters. The fourth-order valence-electron chi connectivity index (χ4n) is 7.68. The molecule has 51 heavy (non-hydrogen) atoms. The first kappa shape index (κ1) is 29.7. The minimum absolute atomic E-state index is 0.454. The molecular formula is C47H26N4. The fraction of sp³-hybridized carbons (Fsp3) is 0. The number of benzene rings is 8. The molecule has 0 fully saturated rings. The maximum Gasteiger partial charge on any atom is 0.197 e. The second kappa shape index (κ2) is 11.9. The predicted octanol–water partition coefficient (Wildman–Crippen LogP) is 12.4. The molecule has 1 aromatic heterocycles. The van der Waals surface area contributed by atoms with Gasteiger partial charge in [0.25, 0.3) is 0 Å². The molecule has 8 aromatic carbocycles. The molecule has 0 N–H and O–H groups in total. The molecule has 0 aliphatic carbocycles. The Hall–Kier alpha value is -7.45. The molecule has 0 aliphatic heterocycles. The quantitative estimate of drug-likeness (QED) is 0.141. The highest BCUT2D eigenvalue weighted by molar-refractivity contribution is 6.21. The summed E-state index contributed by atoms with van der Waals surface area (Å²) in [5.74, 6) is 0. The van der Waals surface area contributed by atoms with E-state index in [1.165, 1.54) is 5.56 Å². The lowest BCUT2D eigenvalue weighted by atomic mass is 9.85. The number of nitrogens with zero attached hydrogens (tertiary/aromatic N) is 4. The van der Waals surface area contributed by atoms with E-state index in [-0.39, 0.29) is 0 Å². The van der Waals surface area contributed by atoms with E-state index < -0.39 is 0 Å². The summed E-state index contributed by atoms with van der Waals surface area (Å²) < 4.78 is 2.14. The minimum atomic E-state index is 0.454. The smallest absolute Gasteiger partial charge is 0.197 e. The summed E-state index contributed by atoms with van der Waals surface area (Å²) in [4.78, 5) is 4.01. The molecule has 0 saturated heterocycles. The third-order valence-corrected chi connectivity index (χ3v) is 9.87. The van der Waals surface area contributed by atoms with E-state index in [9.17, 15) is 10.5 Å². The number of rotatable bonds is 4. The molecule has 0 amide bonds. The Labute approximate surface area is 294 Å². The Morgan fingerprint density at radius 2 is 1.08 bits per heavy atom. The Morgan fingerprint density at radius 1 is 0.471 bits per heavy atom. The van der Waals surface area contributed by atoms with Gasteiger partial charge in [0.2, 0.25) is 0 Å². The van der Waals surface area contributed by atoms with Crippen molar-refractivity contribution in [2.75, 3.05) is 0 Å². The SMILES string of the molecule is [C-]#[N+]c1cc(-n2c3ccccc3c3cc(C#N)ccc32)ccc1-c1cc(-c2c3ccccc3c(-c3ccccc3)c3ccccc23)ccc1C#N. The molecule has 4 heteroatoms. The molecule has 234 valence electrons. The van der Waals surface area contributed by atoms with Crippen LogP contribution in [0.25, 0.3) is 87.3 Å². The molecule has 4 nitrogen and oxygen atoms in total. The zero-order valence-electron chi connectivity index (χ0n) is 27.3. The van der Waals surface area contributed by atoms with Crippen LogP contribution in [0.5, 0.6) is 0 Å². The summed E-state index contributed by atoms with van der Waals surface area (Å²) in [5, 5.41) is 26.5. The van der Waals surface area contributed by atoms with E-state index >= 15 is 0 Å². The average molecular weight is 647 g/mol. The van der Waals surface area contributed by atoms with Gasteiger partial charge in [0.05, 0.1) is 40.9 Å². The van der Waals surface area contributed by atoms with Gasteiger partial charge in [-0.25, -0.2) is 4.85 Å². The van der Waals surface area contributed by atoms with E-state index in [1.54, 1.807) is 0 Å². The van der Waals surface area contributed by atoms with Crippen LogP contribution in [-0.4, -0.2) is 4.57 Å². The minimum Gasteiger partial charge on any atom is -0.311 e. The first-order valence-corrected chi connectivity index (χ1v) is 16.7. The number of hydrogen-bond donors (Lipinski definition) is 0. The lowest BCUT2D eigenvalue weighted by molar-refractivity contribution is 1.18. The van der Waals surface area contributed by atoms with Gasteiger partial charge in [0, 0.05) is 16.5 Å². The Bertz CT molecular complexity index is 2940. The highest BCUT2D eigenvalue weighted by Crippen LogP contribution is 2.45. The first-order chi connectivity index (χ1) is 25.2. The van der Waals surface area contributed by atoms with E-state index in [2.05, 4.69) is 113 Å². The number of hydrogen-bond acceptors (Lipinski definition) is 2. The van der Waals surface area contributed by atoms with Crippen molar-refractivity contribution in [2.45, 2.75) is 0 Å². The van der Waals surface area contributed by atoms with Crippen molar-refractivity contribution in [2.24, 2.45) is 0 Å². The highest BCUT2D eigenvalue weighted by atomic mass is 15.0. The second-order valence-corrected chi connectivity index (χ2v) is 12.6. The van der Waals surface area contributed by atoms with E-state index in [4.69, 9.17) is 6.57 Å². The van der Waals surface area contributed by atoms with Gasteiger partial charge in [-0.3, -0.25) is 0 Å². The Morgan fingerprint density at radius 3 is 1.73 bits per heavy atom. The monoisotopic (exact) mass is 646 g/mol. The van der Waals surface area contributed by atoms with Gasteiger partial charge in [-0.2, -0.15) is 10.5 Å². The number of para-hydroxylation sites is 1. The van der Waals surface area contributed by atoms with Crippen LogP contribution in [0.4, 0.5) is 5.69 Å². The normalized spacial score (nSPS) is 11.1. The van der Waals surface area contributed by atoms with Gasteiger partial charge in [-0.1, -0.05) is 109 Å². The van der Waals surface area contributed by atoms with Crippen molar-refractivity contribution < 1.29 is 0 Å². The Kier molecular flexibility index (Phi) is 6.93. The average Bonchev–Trinajstić information content (AvgIpc) is 3.53. The zero-order chi connectivity index (χ0) is 34.5. The maximum atomic E-state index is 10.3. The predicted molar refractivity (Wildman–Crippen MR) is 208 cm³/mol. The van der Waals surface area contributed by atoms with E-state index in [1.807, 2.05) is 66.7 Å². The van der Waals surface area contributed by atoms with Crippen molar-refractivity contribution in [1.82, 2.24) is 4.57 Å². The topological polar surface area (TPSA) is 56.9 Å². The molecule has 1 heterocycles. The Balaban J connectivity index is 1.26. The zero-order valence-corrected chi connectivity index (χ0v) is 27.3. The van der Waals surface area contributed by atoms with Gasteiger partial charge in [-0.15, -0.1) is 0 Å². The van der Waals surface area contributed by atoms with Crippen LogP contribution in [0.3, 0.4) is 0 Å². The molecule has 0 aliphatic rings. The van der Waals surface area contributed by atoms with Gasteiger partial charge in [0.1, 0.15) is 0 Å². The summed E-state index contributed by atoms with van der Waals surface area (Å²) in [6, 6.07) is 57.9. The molecule has 0 spiro atoms. The highest BCUT2D eigenvalue weighted by Gasteiger charge is 2.20. The van der Waals surface area contributed by atoms with Crippen LogP contribution in [-0.2, 0) is 0 Å². The van der Waals surface area contributed by atoms with Crippen molar-refractivity contribution in [3.8, 4) is 51.2 Å². The summed E-state index contributed by atoms with van der Waals surface area (Å²) in [6.07, 6.45) is 0. The van der Waals surface area contributed by atoms with E-state index in [0.29, 0.717) is 27.9 Å². The van der Waals surface area contributed by atoms with E-state index in [0.717, 1.165) is 65.7 Å². The summed E-state index contributed by atoms with van der Waals surface area (Å²) in [7, 11) is 0. The third-order valence-electron chi connectivity index (χ3n) is 9.87. The van der Waals surface area contributed by atoms with Crippen LogP contribution >= 0.6 is 0 Å². The molecule has 9 aromatic rings. The van der Waals surface area contributed by atoms with Crippen molar-refractivity contribution in [3.63, 3.8) is 0 Å². The first-order valence-electron chi connectivity index (χ1n) is 16.7. The molecule has 0 unspecified atom stereocenters. The van der Waals surface area contributed by atoms with Crippen LogP contribution in [0.2, 0.25) is 0 Å². The summed E-state index contributed by atoms with van der Waals surface area (Å²) in [5.41, 5.74) is 10.2. The number of fused-ring (bicyclic) bond motifs is 5. The maximum absolute atomic E-state index is 10.3. The van der Waals surface area contributed by atoms with Crippen molar-refractivity contribution >= 4 is 49.0 Å². The lowest BCUT2D eigenvalue weighted by Gasteiger charge is -2.19. The van der Waals surface area contributed by atoms with Crippen LogP contribution in [0, 0.1) is 29.2 Å². The lowest BCUT2D eigenvalue weighted by Crippen LogP contribution is -1.95. The van der Waals surface area contributed by atoms with Gasteiger partial charge in [-0.05, 0) is 103 Å². The summed E-state index contributed by atoms with van der Waals surface area (Å²) in [6.45, 7) is 8.30. The number of nitriles is 2. The largest absolute Gasteiger partial charge is 0.311 e. The van der Waals surface area contributed by atoms with Crippen LogP contribution in [0.15, 0.2) is 158 Å². The van der Waals surface area contributed by atoms with Crippen molar-refractivity contribution in [1.29, 1.82) is 10.5 Å². The third kappa shape index (κ3) is 4.66. The summed E-state index contributed by atoms with van der Waals surface area (Å²) >= 11 is 0. The molecule has 0 saturated carbocycles.